The van der Waals surface area contributed by atoms with E-state index in [9.17, 15) is 75.7 Å². The van der Waals surface area contributed by atoms with E-state index in [-0.39, 0.29) is 56.0 Å². The van der Waals surface area contributed by atoms with Crippen LogP contribution in [-0.4, -0.2) is 153 Å². The Hall–Kier alpha value is -5.55. The number of hydrogen-bond acceptors (Lipinski definition) is 18. The Labute approximate surface area is 344 Å². The summed E-state index contributed by atoms with van der Waals surface area (Å²) in [6.45, 7) is -2.21. The highest BCUT2D eigenvalue weighted by molar-refractivity contribution is 6.18. The number of aliphatic hydroxyl groups is 9. The number of carbonyl (C=O) groups excluding carboxylic acids is 2. The number of carboxylic acid groups (broad SMARTS) is 1. The Balaban J connectivity index is 1.37. The second-order valence-corrected chi connectivity index (χ2v) is 15.2. The minimum Gasteiger partial charge on any atom is -0.507 e. The molecule has 322 valence electrons. The van der Waals surface area contributed by atoms with Crippen LogP contribution < -0.4 is 9.47 Å². The normalized spacial score (nSPS) is 30.4. The zero-order valence-electron chi connectivity index (χ0n) is 31.5. The van der Waals surface area contributed by atoms with Gasteiger partial charge in [0, 0.05) is 11.8 Å². The van der Waals surface area contributed by atoms with Crippen LogP contribution >= 0.6 is 0 Å². The Morgan fingerprint density at radius 3 is 1.43 bits per heavy atom. The number of rotatable bonds is 9. The first-order chi connectivity index (χ1) is 29.1. The monoisotopic (exact) mass is 848 g/mol. The van der Waals surface area contributed by atoms with Crippen LogP contribution in [0, 0.1) is 0 Å². The molecule has 19 nitrogen and oxygen atoms in total. The number of ketones is 2. The molecule has 2 unspecified atom stereocenters. The number of phenols is 2. The summed E-state index contributed by atoms with van der Waals surface area (Å²) in [5.74, 6) is -7.67. The summed E-state index contributed by atoms with van der Waals surface area (Å²) in [5, 5.41) is 126. The second kappa shape index (κ2) is 16.0. The topological polar surface area (TPSA) is 331 Å². The minimum atomic E-state index is -1.91. The van der Waals surface area contributed by atoms with E-state index >= 15 is 0 Å². The van der Waals surface area contributed by atoms with Crippen LogP contribution in [0.25, 0.3) is 0 Å². The maximum atomic E-state index is 14.7. The van der Waals surface area contributed by atoms with Crippen LogP contribution in [0.15, 0.2) is 60.7 Å². The molecule has 4 aromatic carbocycles. The molecule has 4 aliphatic rings. The van der Waals surface area contributed by atoms with Crippen LogP contribution in [0.2, 0.25) is 0 Å². The van der Waals surface area contributed by atoms with Gasteiger partial charge in [0.25, 0.3) is 0 Å². The summed E-state index contributed by atoms with van der Waals surface area (Å²) in [7, 11) is 0. The molecule has 2 saturated heterocycles. The molecule has 19 heteroatoms. The number of benzene rings is 4. The Morgan fingerprint density at radius 2 is 1.00 bits per heavy atom. The quantitative estimate of drug-likeness (QED) is 0.0931. The van der Waals surface area contributed by atoms with Gasteiger partial charge in [0.05, 0.1) is 47.6 Å². The van der Waals surface area contributed by atoms with Crippen molar-refractivity contribution >= 4 is 17.5 Å². The molecule has 2 aliphatic heterocycles. The molecule has 12 N–H and O–H groups in total. The molecular formula is C42H40O19. The van der Waals surface area contributed by atoms with Gasteiger partial charge in [0.1, 0.15) is 71.8 Å². The van der Waals surface area contributed by atoms with Gasteiger partial charge in [-0.15, -0.1) is 0 Å². The van der Waals surface area contributed by atoms with Gasteiger partial charge < -0.3 is 80.2 Å². The van der Waals surface area contributed by atoms with Crippen molar-refractivity contribution in [1.29, 1.82) is 0 Å². The lowest BCUT2D eigenvalue weighted by atomic mass is 9.63. The molecule has 61 heavy (non-hydrogen) atoms. The number of aliphatic hydroxyl groups excluding tert-OH is 9. The number of fused-ring (bicyclic) bond motifs is 4. The SMILES string of the molecule is O=C(O)c1cc(O)c2c(c1)[C@H](C1c3cc(CO)cc(O)c3C(=O)c3c(OC4O[C@H](CO)[C@@H](O)[C@H](O)[C@H]4O)cccc31)c1cccc(O[C@@H]3O[C@H](CO)[C@@H](O)[C@H](O)[C@H]3O)c1C2=O. The van der Waals surface area contributed by atoms with Crippen molar-refractivity contribution in [2.24, 2.45) is 0 Å². The minimum absolute atomic E-state index is 0.0646. The smallest absolute Gasteiger partial charge is 0.335 e. The van der Waals surface area contributed by atoms with E-state index in [1.165, 1.54) is 42.5 Å². The van der Waals surface area contributed by atoms with Crippen LogP contribution in [0.1, 0.15) is 81.9 Å². The van der Waals surface area contributed by atoms with Gasteiger partial charge in [-0.3, -0.25) is 9.59 Å². The van der Waals surface area contributed by atoms with Crippen molar-refractivity contribution in [2.75, 3.05) is 13.2 Å². The summed E-state index contributed by atoms with van der Waals surface area (Å²) < 4.78 is 23.1. The lowest BCUT2D eigenvalue weighted by Crippen LogP contribution is -2.60. The van der Waals surface area contributed by atoms with E-state index < -0.39 is 133 Å². The van der Waals surface area contributed by atoms with Gasteiger partial charge in [-0.2, -0.15) is 0 Å². The van der Waals surface area contributed by atoms with E-state index in [2.05, 4.69) is 0 Å². The highest BCUT2D eigenvalue weighted by Crippen LogP contribution is 2.56. The standard InChI is InChI=1S/C42H40O19/c43-11-14-7-18-26(16-3-1-5-22(30(16)34(50)28(18)20(46)8-14)58-41-38(54)36(52)32(48)24(12-44)60-41)27-17-4-2-6-23(59-42-39(55)37(53)33(49)25(13-45)61-42)31(17)35(51)29-19(27)9-15(40(56)57)10-21(29)47/h1-10,24-27,32-33,36-39,41-49,52-55H,11-13H2,(H,56,57)/t24-,25-,26?,27-,32-,33-,36+,37+,38-,39-,41?,42-/m1/s1. The first kappa shape index (κ1) is 42.2. The molecule has 0 radical (unpaired) electrons. The van der Waals surface area contributed by atoms with Gasteiger partial charge in [-0.05, 0) is 58.1 Å². The first-order valence-electron chi connectivity index (χ1n) is 19.0. The Bertz CT molecular complexity index is 2410. The summed E-state index contributed by atoms with van der Waals surface area (Å²) >= 11 is 0. The third-order valence-electron chi connectivity index (χ3n) is 11.7. The van der Waals surface area contributed by atoms with E-state index in [0.29, 0.717) is 0 Å². The summed E-state index contributed by atoms with van der Waals surface area (Å²) in [6.07, 6.45) is -17.4. The van der Waals surface area contributed by atoms with Crippen molar-refractivity contribution in [1.82, 2.24) is 0 Å². The maximum absolute atomic E-state index is 14.7. The summed E-state index contributed by atoms with van der Waals surface area (Å²) in [4.78, 5) is 41.8. The summed E-state index contributed by atoms with van der Waals surface area (Å²) in [5.41, 5.74) is -1.30. The number of phenolic OH excluding ortho intramolecular Hbond substituents is 2. The van der Waals surface area contributed by atoms with Crippen molar-refractivity contribution in [3.8, 4) is 23.0 Å². The average Bonchev–Trinajstić information content (AvgIpc) is 3.24. The van der Waals surface area contributed by atoms with Crippen LogP contribution in [-0.2, 0) is 16.1 Å². The third kappa shape index (κ3) is 6.80. The van der Waals surface area contributed by atoms with Crippen molar-refractivity contribution in [3.05, 3.63) is 116 Å². The molecule has 2 fully saturated rings. The number of aromatic hydroxyl groups is 2. The number of carboxylic acids is 1. The fourth-order valence-electron chi connectivity index (χ4n) is 8.74. The van der Waals surface area contributed by atoms with Crippen LogP contribution in [0.5, 0.6) is 23.0 Å². The van der Waals surface area contributed by atoms with Gasteiger partial charge in [-0.25, -0.2) is 4.79 Å². The van der Waals surface area contributed by atoms with Gasteiger partial charge in [0.2, 0.25) is 24.1 Å². The second-order valence-electron chi connectivity index (χ2n) is 15.2. The summed E-state index contributed by atoms with van der Waals surface area (Å²) in [6, 6.07) is 13.1. The highest BCUT2D eigenvalue weighted by atomic mass is 16.7. The predicted octanol–water partition coefficient (Wildman–Crippen LogP) is -1.30. The third-order valence-corrected chi connectivity index (χ3v) is 11.7. The van der Waals surface area contributed by atoms with E-state index in [4.69, 9.17) is 18.9 Å². The molecule has 2 aliphatic carbocycles. The number of aromatic carboxylic acids is 1. The molecule has 0 bridgehead atoms. The van der Waals surface area contributed by atoms with Crippen LogP contribution in [0.4, 0.5) is 0 Å². The van der Waals surface area contributed by atoms with Crippen molar-refractivity contribution < 1.29 is 94.6 Å². The van der Waals surface area contributed by atoms with Gasteiger partial charge >= 0.3 is 5.97 Å². The molecule has 0 saturated carbocycles. The Kier molecular flexibility index (Phi) is 11.1. The molecule has 4 aromatic rings. The van der Waals surface area contributed by atoms with Crippen molar-refractivity contribution in [2.45, 2.75) is 79.9 Å². The largest absolute Gasteiger partial charge is 0.507 e. The van der Waals surface area contributed by atoms with Crippen molar-refractivity contribution in [3.63, 3.8) is 0 Å². The lowest BCUT2D eigenvalue weighted by molar-refractivity contribution is -0.277. The predicted molar refractivity (Wildman–Crippen MR) is 201 cm³/mol. The van der Waals surface area contributed by atoms with E-state index in [0.717, 1.165) is 18.2 Å². The highest BCUT2D eigenvalue weighted by Gasteiger charge is 2.50. The zero-order valence-corrected chi connectivity index (χ0v) is 31.5. The van der Waals surface area contributed by atoms with E-state index in [1.807, 2.05) is 0 Å². The van der Waals surface area contributed by atoms with E-state index in [1.54, 1.807) is 0 Å². The fraction of sp³-hybridized carbons (Fsp3) is 0.357. The van der Waals surface area contributed by atoms with Crippen LogP contribution in [0.3, 0.4) is 0 Å². The Morgan fingerprint density at radius 1 is 0.557 bits per heavy atom. The molecule has 12 atom stereocenters. The van der Waals surface area contributed by atoms with Gasteiger partial charge in [-0.1, -0.05) is 30.3 Å². The molecule has 0 amide bonds. The molecule has 0 aromatic heterocycles. The molecule has 0 spiro atoms. The average molecular weight is 849 g/mol. The molecule has 2 heterocycles. The number of ether oxygens (including phenoxy) is 4. The van der Waals surface area contributed by atoms with Gasteiger partial charge in [0.15, 0.2) is 0 Å². The molecule has 8 rings (SSSR count). The number of hydrogen-bond donors (Lipinski definition) is 12. The molecular weight excluding hydrogens is 808 g/mol. The zero-order chi connectivity index (χ0) is 43.8. The first-order valence-corrected chi connectivity index (χ1v) is 19.0. The fourth-order valence-corrected chi connectivity index (χ4v) is 8.74. The maximum Gasteiger partial charge on any atom is 0.335 e. The number of carbonyl (C=O) groups is 3. The lowest BCUT2D eigenvalue weighted by Gasteiger charge is -2.41.